The van der Waals surface area contributed by atoms with Crippen LogP contribution in [0.2, 0.25) is 0 Å². The van der Waals surface area contributed by atoms with Crippen LogP contribution in [0.3, 0.4) is 0 Å². The first-order valence-electron chi connectivity index (χ1n) is 14.2. The Hall–Kier alpha value is -3.79. The molecule has 220 valence electrons. The summed E-state index contributed by atoms with van der Waals surface area (Å²) in [6, 6.07) is 13.9. The number of carbonyl (C=O) groups excluding carboxylic acids is 4. The number of hydrogen-bond donors (Lipinski definition) is 3. The summed E-state index contributed by atoms with van der Waals surface area (Å²) in [6.07, 6.45) is 2.83. The Balaban J connectivity index is 1.43. The van der Waals surface area contributed by atoms with Gasteiger partial charge in [0.05, 0.1) is 0 Å². The molecule has 1 aliphatic carbocycles. The van der Waals surface area contributed by atoms with Gasteiger partial charge in [0.2, 0.25) is 11.8 Å². The fourth-order valence-corrected chi connectivity index (χ4v) is 5.12. The van der Waals surface area contributed by atoms with Gasteiger partial charge in [-0.2, -0.15) is 0 Å². The van der Waals surface area contributed by atoms with Crippen molar-refractivity contribution in [3.8, 4) is 0 Å². The molecule has 2 aliphatic rings. The molecule has 10 heteroatoms. The highest BCUT2D eigenvalue weighted by Gasteiger charge is 2.45. The Morgan fingerprint density at radius 3 is 2.32 bits per heavy atom. The Bertz CT molecular complexity index is 1250. The number of piperazine rings is 1. The molecule has 0 unspecified atom stereocenters. The third-order valence-electron chi connectivity index (χ3n) is 8.03. The second-order valence-corrected chi connectivity index (χ2v) is 11.8. The molecule has 9 nitrogen and oxygen atoms in total. The number of hydrogen-bond acceptors (Lipinski definition) is 5. The van der Waals surface area contributed by atoms with Crippen LogP contribution in [0.1, 0.15) is 45.6 Å². The number of rotatable bonds is 12. The third kappa shape index (κ3) is 7.70. The van der Waals surface area contributed by atoms with Crippen molar-refractivity contribution in [1.82, 2.24) is 15.1 Å². The molecule has 2 aromatic carbocycles. The highest BCUT2D eigenvalue weighted by Crippen LogP contribution is 2.31. The number of carbonyl (C=O) groups is 4. The van der Waals surface area contributed by atoms with E-state index in [1.54, 1.807) is 25.7 Å². The number of nitrogens with zero attached hydrogens (tertiary/aromatic N) is 2. The molecule has 41 heavy (non-hydrogen) atoms. The average molecular weight is 566 g/mol. The van der Waals surface area contributed by atoms with E-state index in [9.17, 15) is 23.6 Å². The molecule has 1 saturated heterocycles. The van der Waals surface area contributed by atoms with Gasteiger partial charge in [-0.3, -0.25) is 19.2 Å². The highest BCUT2D eigenvalue weighted by atomic mass is 19.1. The zero-order valence-corrected chi connectivity index (χ0v) is 23.9. The van der Waals surface area contributed by atoms with Crippen molar-refractivity contribution < 1.29 is 23.6 Å². The molecule has 0 spiro atoms. The van der Waals surface area contributed by atoms with E-state index < -0.39 is 47.1 Å². The van der Waals surface area contributed by atoms with Gasteiger partial charge in [-0.05, 0) is 75.3 Å². The van der Waals surface area contributed by atoms with Crippen LogP contribution in [0.15, 0.2) is 54.6 Å². The zero-order chi connectivity index (χ0) is 29.7. The predicted molar refractivity (Wildman–Crippen MR) is 154 cm³/mol. The van der Waals surface area contributed by atoms with Gasteiger partial charge < -0.3 is 26.2 Å². The lowest BCUT2D eigenvalue weighted by Gasteiger charge is -2.43. The monoisotopic (exact) mass is 565 g/mol. The minimum absolute atomic E-state index is 0.266. The summed E-state index contributed by atoms with van der Waals surface area (Å²) in [5.41, 5.74) is 6.76. The average Bonchev–Trinajstić information content (AvgIpc) is 3.76. The van der Waals surface area contributed by atoms with E-state index in [0.717, 1.165) is 18.4 Å². The van der Waals surface area contributed by atoms with Crippen LogP contribution < -0.4 is 16.4 Å². The maximum Gasteiger partial charge on any atom is 0.313 e. The van der Waals surface area contributed by atoms with Gasteiger partial charge in [0, 0.05) is 43.3 Å². The fourth-order valence-electron chi connectivity index (χ4n) is 5.12. The lowest BCUT2D eigenvalue weighted by molar-refractivity contribution is -0.163. The van der Waals surface area contributed by atoms with E-state index in [1.807, 2.05) is 30.3 Å². The van der Waals surface area contributed by atoms with E-state index in [-0.39, 0.29) is 18.9 Å². The Morgan fingerprint density at radius 2 is 1.68 bits per heavy atom. The summed E-state index contributed by atoms with van der Waals surface area (Å²) in [5.74, 6) is -2.37. The molecule has 0 aromatic heterocycles. The van der Waals surface area contributed by atoms with Crippen LogP contribution >= 0.6 is 0 Å². The van der Waals surface area contributed by atoms with Crippen molar-refractivity contribution in [2.45, 2.75) is 64.1 Å². The molecular formula is C31H40FN5O4. The molecular weight excluding hydrogens is 525 g/mol. The van der Waals surface area contributed by atoms with Gasteiger partial charge in [0.1, 0.15) is 11.4 Å². The Labute approximate surface area is 240 Å². The van der Waals surface area contributed by atoms with E-state index in [4.69, 9.17) is 5.73 Å². The van der Waals surface area contributed by atoms with Crippen LogP contribution in [-0.4, -0.2) is 70.7 Å². The lowest BCUT2D eigenvalue weighted by Crippen LogP contribution is -2.66. The first-order chi connectivity index (χ1) is 19.5. The van der Waals surface area contributed by atoms with Crippen LogP contribution in [0.25, 0.3) is 0 Å². The van der Waals surface area contributed by atoms with Crippen molar-refractivity contribution in [2.24, 2.45) is 17.6 Å². The van der Waals surface area contributed by atoms with Crippen molar-refractivity contribution >= 4 is 29.3 Å². The van der Waals surface area contributed by atoms with E-state index in [1.165, 1.54) is 29.2 Å². The van der Waals surface area contributed by atoms with Crippen LogP contribution in [0.4, 0.5) is 10.1 Å². The predicted octanol–water partition coefficient (Wildman–Crippen LogP) is 2.70. The minimum atomic E-state index is -1.29. The molecule has 4 rings (SSSR count). The number of anilines is 1. The summed E-state index contributed by atoms with van der Waals surface area (Å²) in [5, 5.41) is 5.81. The first-order valence-corrected chi connectivity index (χ1v) is 14.2. The first kappa shape index (κ1) is 30.2. The van der Waals surface area contributed by atoms with Gasteiger partial charge in [0.15, 0.2) is 0 Å². The summed E-state index contributed by atoms with van der Waals surface area (Å²) in [6.45, 7) is 6.27. The third-order valence-corrected chi connectivity index (χ3v) is 8.03. The summed E-state index contributed by atoms with van der Waals surface area (Å²) >= 11 is 0. The smallest absolute Gasteiger partial charge is 0.313 e. The largest absolute Gasteiger partial charge is 0.349 e. The standard InChI is InChI=1S/C31H40FN5O4/c1-20(27(38)34-24-13-11-23(32)12-14-24)17-25(33)26(18-21-7-5-4-6-8-21)35-30(41)31(2,3)37-16-15-36(19-22-9-10-22)28(39)29(37)40/h4-8,11-14,20,22,25-26H,9-10,15-19,33H2,1-3H3,(H,34,38)(H,35,41)/t20-,25+,26+/m1/s1. The zero-order valence-electron chi connectivity index (χ0n) is 23.9. The molecule has 4 N–H and O–H groups in total. The van der Waals surface area contributed by atoms with Crippen LogP contribution in [0, 0.1) is 17.7 Å². The summed E-state index contributed by atoms with van der Waals surface area (Å²) in [4.78, 5) is 55.3. The lowest BCUT2D eigenvalue weighted by atomic mass is 9.90. The van der Waals surface area contributed by atoms with Crippen LogP contribution in [-0.2, 0) is 25.6 Å². The molecule has 0 bridgehead atoms. The number of nitrogens with one attached hydrogen (secondary N) is 2. The Morgan fingerprint density at radius 1 is 1.02 bits per heavy atom. The molecule has 2 aromatic rings. The van der Waals surface area contributed by atoms with Gasteiger partial charge >= 0.3 is 11.8 Å². The number of halogens is 1. The minimum Gasteiger partial charge on any atom is -0.349 e. The summed E-state index contributed by atoms with van der Waals surface area (Å²) < 4.78 is 13.2. The maximum absolute atomic E-state index is 13.7. The van der Waals surface area contributed by atoms with Crippen LogP contribution in [0.5, 0.6) is 0 Å². The molecule has 1 heterocycles. The van der Waals surface area contributed by atoms with Gasteiger partial charge in [0.25, 0.3) is 0 Å². The molecule has 1 saturated carbocycles. The van der Waals surface area contributed by atoms with Gasteiger partial charge in [-0.15, -0.1) is 0 Å². The van der Waals surface area contributed by atoms with E-state index in [2.05, 4.69) is 10.6 Å². The number of amides is 4. The maximum atomic E-state index is 13.7. The fraction of sp³-hybridized carbons (Fsp3) is 0.484. The van der Waals surface area contributed by atoms with Crippen molar-refractivity contribution in [2.75, 3.05) is 25.0 Å². The van der Waals surface area contributed by atoms with Gasteiger partial charge in [-0.25, -0.2) is 4.39 Å². The van der Waals surface area contributed by atoms with Crippen molar-refractivity contribution in [1.29, 1.82) is 0 Å². The Kier molecular flexibility index (Phi) is 9.42. The number of benzene rings is 2. The molecule has 2 fully saturated rings. The molecule has 3 atom stereocenters. The normalized spacial score (nSPS) is 18.1. The molecule has 1 aliphatic heterocycles. The van der Waals surface area contributed by atoms with E-state index in [0.29, 0.717) is 31.1 Å². The van der Waals surface area contributed by atoms with Gasteiger partial charge in [-0.1, -0.05) is 37.3 Å². The SMILES string of the molecule is C[C@H](C[C@H](N)[C@H](Cc1ccccc1)NC(=O)C(C)(C)N1CCN(CC2CC2)C(=O)C1=O)C(=O)Nc1ccc(F)cc1. The summed E-state index contributed by atoms with van der Waals surface area (Å²) in [7, 11) is 0. The molecule has 0 radical (unpaired) electrons. The topological polar surface area (TPSA) is 125 Å². The molecule has 4 amide bonds. The number of nitrogens with two attached hydrogens (primary N) is 1. The van der Waals surface area contributed by atoms with Crippen molar-refractivity contribution in [3.05, 3.63) is 66.0 Å². The second kappa shape index (κ2) is 12.8. The second-order valence-electron chi connectivity index (χ2n) is 11.8. The highest BCUT2D eigenvalue weighted by molar-refractivity contribution is 6.36. The van der Waals surface area contributed by atoms with Crippen molar-refractivity contribution in [3.63, 3.8) is 0 Å². The van der Waals surface area contributed by atoms with E-state index >= 15 is 0 Å². The quantitative estimate of drug-likeness (QED) is 0.342.